The maximum Gasteiger partial charge on any atom is 0.0435 e. The molecule has 0 N–H and O–H groups in total. The van der Waals surface area contributed by atoms with Gasteiger partial charge in [0.2, 0.25) is 0 Å². The van der Waals surface area contributed by atoms with Crippen molar-refractivity contribution in [2.45, 2.75) is 24.1 Å². The monoisotopic (exact) mass is 300 g/mol. The zero-order chi connectivity index (χ0) is 12.1. The molecule has 0 saturated heterocycles. The summed E-state index contributed by atoms with van der Waals surface area (Å²) in [7, 11) is 0. The van der Waals surface area contributed by atoms with E-state index in [9.17, 15) is 0 Å². The Balaban J connectivity index is 1.74. The van der Waals surface area contributed by atoms with Crippen LogP contribution in [0.4, 0.5) is 0 Å². The van der Waals surface area contributed by atoms with Crippen molar-refractivity contribution < 1.29 is 0 Å². The summed E-state index contributed by atoms with van der Waals surface area (Å²) in [6.07, 6.45) is 4.38. The number of alkyl halides is 1. The molecule has 0 spiro atoms. The van der Waals surface area contributed by atoms with Crippen molar-refractivity contribution >= 4 is 26.7 Å². The first-order valence-corrected chi connectivity index (χ1v) is 7.89. The van der Waals surface area contributed by atoms with Gasteiger partial charge >= 0.3 is 0 Å². The van der Waals surface area contributed by atoms with E-state index in [0.29, 0.717) is 4.83 Å². The summed E-state index contributed by atoms with van der Waals surface area (Å²) < 4.78 is 0. The van der Waals surface area contributed by atoms with Crippen molar-refractivity contribution in [3.05, 3.63) is 48.0 Å². The van der Waals surface area contributed by atoms with Crippen molar-refractivity contribution in [1.29, 1.82) is 0 Å². The number of hydrogen-bond donors (Lipinski definition) is 0. The molecule has 3 unspecified atom stereocenters. The zero-order valence-corrected chi connectivity index (χ0v) is 11.9. The maximum absolute atomic E-state index is 3.99. The highest BCUT2D eigenvalue weighted by atomic mass is 79.9. The Morgan fingerprint density at radius 1 is 0.944 bits per heavy atom. The average molecular weight is 301 g/mol. The van der Waals surface area contributed by atoms with Crippen LogP contribution < -0.4 is 0 Å². The highest BCUT2D eigenvalue weighted by molar-refractivity contribution is 9.09. The summed E-state index contributed by atoms with van der Waals surface area (Å²) >= 11 is 3.99. The highest BCUT2D eigenvalue weighted by Gasteiger charge is 2.55. The van der Waals surface area contributed by atoms with E-state index in [4.69, 9.17) is 0 Å². The van der Waals surface area contributed by atoms with Crippen LogP contribution >= 0.6 is 15.9 Å². The molecule has 2 saturated carbocycles. The molecule has 2 fully saturated rings. The molecule has 0 aromatic heterocycles. The predicted octanol–water partition coefficient (Wildman–Crippen LogP) is 5.32. The molecule has 0 aliphatic heterocycles. The largest absolute Gasteiger partial charge is 0.0835 e. The van der Waals surface area contributed by atoms with E-state index in [1.54, 1.807) is 0 Å². The fourth-order valence-electron chi connectivity index (χ4n) is 4.01. The Morgan fingerprint density at radius 2 is 1.67 bits per heavy atom. The molecule has 0 amide bonds. The number of rotatable bonds is 2. The fourth-order valence-corrected chi connectivity index (χ4v) is 5.19. The van der Waals surface area contributed by atoms with Crippen molar-refractivity contribution in [2.24, 2.45) is 17.8 Å². The minimum Gasteiger partial charge on any atom is -0.0835 e. The average Bonchev–Trinajstić information content (AvgIpc) is 2.90. The standard InChI is InChI=1S/C17H17Br/c18-17(16-13-8-4-9-14(13)16)15-10-3-6-11-5-1-2-7-12(11)15/h1-3,5-7,10,13-14,16-17H,4,8-9H2. The number of benzene rings is 2. The van der Waals surface area contributed by atoms with Crippen LogP contribution in [-0.4, -0.2) is 0 Å². The molecule has 92 valence electrons. The Labute approximate surface area is 117 Å². The molecule has 0 nitrogen and oxygen atoms in total. The molecule has 0 radical (unpaired) electrons. The van der Waals surface area contributed by atoms with Crippen LogP contribution in [0.3, 0.4) is 0 Å². The summed E-state index contributed by atoms with van der Waals surface area (Å²) in [6.45, 7) is 0. The van der Waals surface area contributed by atoms with Gasteiger partial charge in [-0.05, 0) is 46.9 Å². The van der Waals surface area contributed by atoms with Crippen LogP contribution in [0, 0.1) is 17.8 Å². The van der Waals surface area contributed by atoms with Crippen molar-refractivity contribution in [3.8, 4) is 0 Å². The van der Waals surface area contributed by atoms with Gasteiger partial charge in [-0.3, -0.25) is 0 Å². The van der Waals surface area contributed by atoms with Gasteiger partial charge in [0.1, 0.15) is 0 Å². The molecule has 2 aliphatic rings. The van der Waals surface area contributed by atoms with Gasteiger partial charge in [0.05, 0.1) is 0 Å². The fraction of sp³-hybridized carbons (Fsp3) is 0.412. The minimum atomic E-state index is 0.555. The lowest BCUT2D eigenvalue weighted by molar-refractivity contribution is 0.584. The summed E-state index contributed by atoms with van der Waals surface area (Å²) in [4.78, 5) is 0.555. The predicted molar refractivity (Wildman–Crippen MR) is 79.9 cm³/mol. The molecular weight excluding hydrogens is 284 g/mol. The van der Waals surface area contributed by atoms with E-state index in [-0.39, 0.29) is 0 Å². The minimum absolute atomic E-state index is 0.555. The second kappa shape index (κ2) is 4.09. The van der Waals surface area contributed by atoms with Gasteiger partial charge in [-0.2, -0.15) is 0 Å². The first kappa shape index (κ1) is 11.0. The zero-order valence-electron chi connectivity index (χ0n) is 10.4. The molecule has 4 rings (SSSR count). The van der Waals surface area contributed by atoms with Gasteiger partial charge in [0.15, 0.2) is 0 Å². The quantitative estimate of drug-likeness (QED) is 0.658. The number of hydrogen-bond acceptors (Lipinski definition) is 0. The first-order valence-electron chi connectivity index (χ1n) is 6.98. The van der Waals surface area contributed by atoms with Gasteiger partial charge in [-0.1, -0.05) is 64.8 Å². The summed E-state index contributed by atoms with van der Waals surface area (Å²) in [5, 5.41) is 2.79. The van der Waals surface area contributed by atoms with E-state index < -0.39 is 0 Å². The molecule has 1 heteroatoms. The van der Waals surface area contributed by atoms with Gasteiger partial charge in [-0.15, -0.1) is 0 Å². The van der Waals surface area contributed by atoms with E-state index >= 15 is 0 Å². The third-order valence-corrected chi connectivity index (χ3v) is 6.03. The van der Waals surface area contributed by atoms with Gasteiger partial charge in [-0.25, -0.2) is 0 Å². The Hall–Kier alpha value is -0.820. The molecule has 2 aromatic carbocycles. The maximum atomic E-state index is 3.99. The lowest BCUT2D eigenvalue weighted by Gasteiger charge is -2.15. The highest BCUT2D eigenvalue weighted by Crippen LogP contribution is 2.64. The van der Waals surface area contributed by atoms with Crippen molar-refractivity contribution in [2.75, 3.05) is 0 Å². The van der Waals surface area contributed by atoms with Crippen molar-refractivity contribution in [1.82, 2.24) is 0 Å². The van der Waals surface area contributed by atoms with Gasteiger partial charge < -0.3 is 0 Å². The second-order valence-corrected chi connectivity index (χ2v) is 6.79. The molecule has 18 heavy (non-hydrogen) atoms. The van der Waals surface area contributed by atoms with Crippen LogP contribution in [-0.2, 0) is 0 Å². The van der Waals surface area contributed by atoms with Crippen LogP contribution in [0.25, 0.3) is 10.8 Å². The first-order chi connectivity index (χ1) is 8.86. The molecular formula is C17H17Br. The van der Waals surface area contributed by atoms with E-state index in [0.717, 1.165) is 17.8 Å². The Bertz CT molecular complexity index is 574. The van der Waals surface area contributed by atoms with Gasteiger partial charge in [0.25, 0.3) is 0 Å². The molecule has 0 heterocycles. The van der Waals surface area contributed by atoms with E-state index in [1.807, 2.05) is 0 Å². The summed E-state index contributed by atoms with van der Waals surface area (Å²) in [5.74, 6) is 2.91. The number of fused-ring (bicyclic) bond motifs is 2. The smallest absolute Gasteiger partial charge is 0.0435 e. The summed E-state index contributed by atoms with van der Waals surface area (Å²) in [6, 6.07) is 15.5. The third kappa shape index (κ3) is 1.56. The van der Waals surface area contributed by atoms with E-state index in [2.05, 4.69) is 58.4 Å². The molecule has 3 atom stereocenters. The topological polar surface area (TPSA) is 0 Å². The van der Waals surface area contributed by atoms with Crippen LogP contribution in [0.15, 0.2) is 42.5 Å². The summed E-state index contributed by atoms with van der Waals surface area (Å²) in [5.41, 5.74) is 1.49. The Kier molecular flexibility index (Phi) is 2.51. The number of halogens is 1. The van der Waals surface area contributed by atoms with E-state index in [1.165, 1.54) is 35.6 Å². The normalized spacial score (nSPS) is 31.3. The second-order valence-electron chi connectivity index (χ2n) is 5.81. The molecule has 2 aliphatic carbocycles. The van der Waals surface area contributed by atoms with Gasteiger partial charge in [0, 0.05) is 4.83 Å². The van der Waals surface area contributed by atoms with Crippen LogP contribution in [0.5, 0.6) is 0 Å². The SMILES string of the molecule is BrC(c1cccc2ccccc12)C1C2CCCC21. The van der Waals surface area contributed by atoms with Crippen LogP contribution in [0.1, 0.15) is 29.7 Å². The Morgan fingerprint density at radius 3 is 2.50 bits per heavy atom. The molecule has 0 bridgehead atoms. The van der Waals surface area contributed by atoms with Crippen molar-refractivity contribution in [3.63, 3.8) is 0 Å². The van der Waals surface area contributed by atoms with Crippen LogP contribution in [0.2, 0.25) is 0 Å². The lowest BCUT2D eigenvalue weighted by atomic mass is 9.97. The molecule has 2 aromatic rings. The lowest BCUT2D eigenvalue weighted by Crippen LogP contribution is -1.99. The third-order valence-electron chi connectivity index (χ3n) is 4.93.